The molecule has 0 saturated carbocycles. The maximum atomic E-state index is 6.15. The van der Waals surface area contributed by atoms with Crippen LogP contribution in [0.2, 0.25) is 5.02 Å². The summed E-state index contributed by atoms with van der Waals surface area (Å²) in [5, 5.41) is 14.6. The van der Waals surface area contributed by atoms with Crippen LogP contribution in [-0.4, -0.2) is 37.0 Å². The molecule has 1 heterocycles. The molecule has 0 aliphatic heterocycles. The van der Waals surface area contributed by atoms with E-state index in [1.54, 1.807) is 18.4 Å². The first-order valence-corrected chi connectivity index (χ1v) is 8.95. The second kappa shape index (κ2) is 8.99. The molecule has 7 heteroatoms. The summed E-state index contributed by atoms with van der Waals surface area (Å²) in [7, 11) is 1.71. The Bertz CT molecular complexity index is 579. The van der Waals surface area contributed by atoms with Gasteiger partial charge < -0.3 is 10.1 Å². The summed E-state index contributed by atoms with van der Waals surface area (Å²) in [4.78, 5) is 0. The molecule has 114 valence electrons. The van der Waals surface area contributed by atoms with E-state index in [2.05, 4.69) is 38.1 Å². The summed E-state index contributed by atoms with van der Waals surface area (Å²) in [5.41, 5.74) is 1.03. The molecule has 1 aromatic carbocycles. The van der Waals surface area contributed by atoms with E-state index in [0.717, 1.165) is 56.7 Å². The Kier molecular flexibility index (Phi) is 7.31. The summed E-state index contributed by atoms with van der Waals surface area (Å²) in [6.45, 7) is 2.60. The summed E-state index contributed by atoms with van der Waals surface area (Å²) >= 11 is 10.00. The van der Waals surface area contributed by atoms with Gasteiger partial charge >= 0.3 is 0 Å². The molecule has 0 amide bonds. The van der Waals surface area contributed by atoms with E-state index in [1.165, 1.54) is 0 Å². The maximum absolute atomic E-state index is 6.15. The van der Waals surface area contributed by atoms with E-state index in [4.69, 9.17) is 16.3 Å². The summed E-state index contributed by atoms with van der Waals surface area (Å²) in [6.07, 6.45) is 1.99. The van der Waals surface area contributed by atoms with Crippen LogP contribution in [0.1, 0.15) is 11.4 Å². The fourth-order valence-electron chi connectivity index (χ4n) is 1.76. The van der Waals surface area contributed by atoms with Gasteiger partial charge in [0.1, 0.15) is 10.0 Å². The number of aromatic nitrogens is 2. The number of methoxy groups -OCH3 is 1. The van der Waals surface area contributed by atoms with Crippen molar-refractivity contribution in [1.29, 1.82) is 0 Å². The van der Waals surface area contributed by atoms with Gasteiger partial charge in [0, 0.05) is 29.2 Å². The van der Waals surface area contributed by atoms with Gasteiger partial charge in [0.05, 0.1) is 11.6 Å². The van der Waals surface area contributed by atoms with Crippen molar-refractivity contribution in [2.24, 2.45) is 0 Å². The van der Waals surface area contributed by atoms with E-state index in [1.807, 2.05) is 18.2 Å². The van der Waals surface area contributed by atoms with Crippen LogP contribution < -0.4 is 5.32 Å². The molecule has 0 aliphatic carbocycles. The van der Waals surface area contributed by atoms with Crippen LogP contribution in [0.3, 0.4) is 0 Å². The first kappa shape index (κ1) is 17.1. The van der Waals surface area contributed by atoms with Crippen LogP contribution in [0.4, 0.5) is 0 Å². The molecule has 1 aromatic heterocycles. The Morgan fingerprint density at radius 1 is 1.33 bits per heavy atom. The molecule has 21 heavy (non-hydrogen) atoms. The van der Waals surface area contributed by atoms with Gasteiger partial charge in [-0.2, -0.15) is 0 Å². The molecule has 0 atom stereocenters. The molecule has 0 fully saturated rings. The van der Waals surface area contributed by atoms with Crippen molar-refractivity contribution in [2.45, 2.75) is 12.8 Å². The van der Waals surface area contributed by atoms with E-state index in [-0.39, 0.29) is 0 Å². The third kappa shape index (κ3) is 5.45. The summed E-state index contributed by atoms with van der Waals surface area (Å²) < 4.78 is 6.03. The Balaban J connectivity index is 1.85. The lowest BCUT2D eigenvalue weighted by molar-refractivity contribution is 0.199. The predicted octanol–water partition coefficient (Wildman–Crippen LogP) is 3.63. The molecule has 1 N–H and O–H groups in total. The van der Waals surface area contributed by atoms with Gasteiger partial charge in [-0.25, -0.2) is 0 Å². The van der Waals surface area contributed by atoms with Crippen LogP contribution in [0.15, 0.2) is 18.2 Å². The van der Waals surface area contributed by atoms with Gasteiger partial charge in [-0.1, -0.05) is 29.0 Å². The molecule has 0 bridgehead atoms. The zero-order chi connectivity index (χ0) is 15.1. The molecular weight excluding hydrogens is 421 g/mol. The minimum absolute atomic E-state index is 0.747. The van der Waals surface area contributed by atoms with Crippen molar-refractivity contribution in [3.05, 3.63) is 31.8 Å². The minimum atomic E-state index is 0.747. The number of benzene rings is 1. The van der Waals surface area contributed by atoms with Crippen molar-refractivity contribution < 1.29 is 4.74 Å². The van der Waals surface area contributed by atoms with Gasteiger partial charge in [0.25, 0.3) is 0 Å². The molecule has 4 nitrogen and oxygen atoms in total. The third-order valence-electron chi connectivity index (χ3n) is 2.86. The standard InChI is InChI=1S/C14H17ClIN3OS/c1-20-8-7-17-6-2-3-13-18-19-14(21-13)10-4-5-12(16)11(15)9-10/h4-5,9,17H,2-3,6-8H2,1H3. The molecule has 2 aromatic rings. The number of ether oxygens (including phenoxy) is 1. The zero-order valence-electron chi connectivity index (χ0n) is 11.7. The number of nitrogens with one attached hydrogen (secondary N) is 1. The Morgan fingerprint density at radius 3 is 2.95 bits per heavy atom. The lowest BCUT2D eigenvalue weighted by Crippen LogP contribution is -2.20. The lowest BCUT2D eigenvalue weighted by atomic mass is 10.2. The van der Waals surface area contributed by atoms with E-state index in [0.29, 0.717) is 0 Å². The van der Waals surface area contributed by atoms with Crippen molar-refractivity contribution in [1.82, 2.24) is 15.5 Å². The quantitative estimate of drug-likeness (QED) is 0.506. The van der Waals surface area contributed by atoms with Gasteiger partial charge in [-0.05, 0) is 47.7 Å². The average Bonchev–Trinajstić information content (AvgIpc) is 2.94. The molecule has 0 radical (unpaired) electrons. The highest BCUT2D eigenvalue weighted by atomic mass is 127. The largest absolute Gasteiger partial charge is 0.383 e. The molecule has 0 saturated heterocycles. The van der Waals surface area contributed by atoms with E-state index >= 15 is 0 Å². The normalized spacial score (nSPS) is 11.0. The molecule has 0 spiro atoms. The number of nitrogens with zero attached hydrogens (tertiary/aromatic N) is 2. The van der Waals surface area contributed by atoms with E-state index < -0.39 is 0 Å². The molecule has 0 aliphatic rings. The number of hydrogen-bond acceptors (Lipinski definition) is 5. The number of halogens is 2. The number of aryl methyl sites for hydroxylation is 1. The maximum Gasteiger partial charge on any atom is 0.147 e. The molecule has 0 unspecified atom stereocenters. The Morgan fingerprint density at radius 2 is 2.19 bits per heavy atom. The molecular formula is C14H17ClIN3OS. The van der Waals surface area contributed by atoms with Gasteiger partial charge in [0.2, 0.25) is 0 Å². The van der Waals surface area contributed by atoms with Crippen molar-refractivity contribution in [2.75, 3.05) is 26.8 Å². The Hall–Kier alpha value is -0.280. The van der Waals surface area contributed by atoms with Crippen LogP contribution in [0, 0.1) is 3.57 Å². The highest BCUT2D eigenvalue weighted by Gasteiger charge is 2.08. The van der Waals surface area contributed by atoms with Crippen LogP contribution in [-0.2, 0) is 11.2 Å². The Labute approximate surface area is 147 Å². The summed E-state index contributed by atoms with van der Waals surface area (Å²) in [5.74, 6) is 0. The monoisotopic (exact) mass is 437 g/mol. The smallest absolute Gasteiger partial charge is 0.147 e. The topological polar surface area (TPSA) is 47.0 Å². The van der Waals surface area contributed by atoms with Gasteiger partial charge in [-0.3, -0.25) is 0 Å². The fourth-order valence-corrected chi connectivity index (χ4v) is 3.16. The molecule has 2 rings (SSSR count). The highest BCUT2D eigenvalue weighted by molar-refractivity contribution is 14.1. The fraction of sp³-hybridized carbons (Fsp3) is 0.429. The van der Waals surface area contributed by atoms with E-state index in [9.17, 15) is 0 Å². The van der Waals surface area contributed by atoms with Crippen molar-refractivity contribution in [3.63, 3.8) is 0 Å². The predicted molar refractivity (Wildman–Crippen MR) is 96.1 cm³/mol. The zero-order valence-corrected chi connectivity index (χ0v) is 15.5. The van der Waals surface area contributed by atoms with Gasteiger partial charge in [-0.15, -0.1) is 10.2 Å². The average molecular weight is 438 g/mol. The second-order valence-electron chi connectivity index (χ2n) is 4.48. The minimum Gasteiger partial charge on any atom is -0.383 e. The van der Waals surface area contributed by atoms with Gasteiger partial charge in [0.15, 0.2) is 0 Å². The van der Waals surface area contributed by atoms with Crippen LogP contribution >= 0.6 is 45.5 Å². The highest BCUT2D eigenvalue weighted by Crippen LogP contribution is 2.28. The first-order valence-electron chi connectivity index (χ1n) is 6.68. The van der Waals surface area contributed by atoms with Crippen LogP contribution in [0.5, 0.6) is 0 Å². The van der Waals surface area contributed by atoms with Crippen LogP contribution in [0.25, 0.3) is 10.6 Å². The number of hydrogen-bond donors (Lipinski definition) is 1. The third-order valence-corrected chi connectivity index (χ3v) is 5.46. The summed E-state index contributed by atoms with van der Waals surface area (Å²) in [6, 6.07) is 5.98. The lowest BCUT2D eigenvalue weighted by Gasteiger charge is -2.01. The number of rotatable bonds is 8. The van der Waals surface area contributed by atoms with Crippen molar-refractivity contribution >= 4 is 45.5 Å². The SMILES string of the molecule is COCCNCCCc1nnc(-c2ccc(I)c(Cl)c2)s1. The second-order valence-corrected chi connectivity index (χ2v) is 7.11. The van der Waals surface area contributed by atoms with Crippen molar-refractivity contribution in [3.8, 4) is 10.6 Å². The first-order chi connectivity index (χ1) is 10.2.